The van der Waals surface area contributed by atoms with Crippen LogP contribution in [0.2, 0.25) is 0 Å². The van der Waals surface area contributed by atoms with E-state index < -0.39 is 0 Å². The molecule has 1 saturated carbocycles. The third-order valence-electron chi connectivity index (χ3n) is 7.25. The predicted molar refractivity (Wildman–Crippen MR) is 137 cm³/mol. The van der Waals surface area contributed by atoms with Gasteiger partial charge in [0.25, 0.3) is 0 Å². The van der Waals surface area contributed by atoms with Crippen LogP contribution >= 0.6 is 0 Å². The molecule has 0 bridgehead atoms. The number of carbonyl (C=O) groups is 1. The van der Waals surface area contributed by atoms with Crippen LogP contribution < -0.4 is 11.1 Å². The second kappa shape index (κ2) is 10.7. The molecule has 10 nitrogen and oxygen atoms in total. The Bertz CT molecular complexity index is 1200. The zero-order valence-corrected chi connectivity index (χ0v) is 20.3. The number of nitrogen functional groups attached to an aromatic ring is 1. The molecule has 5 rings (SSSR count). The van der Waals surface area contributed by atoms with Gasteiger partial charge in [-0.3, -0.25) is 9.69 Å². The number of hydrogen-bond acceptors (Lipinski definition) is 8. The number of nitrogens with zero attached hydrogens (tertiary/aromatic N) is 7. The van der Waals surface area contributed by atoms with E-state index in [9.17, 15) is 4.79 Å². The van der Waals surface area contributed by atoms with Crippen molar-refractivity contribution in [2.24, 2.45) is 0 Å². The summed E-state index contributed by atoms with van der Waals surface area (Å²) in [7, 11) is 0. The van der Waals surface area contributed by atoms with Crippen LogP contribution in [0.25, 0.3) is 5.82 Å². The molecule has 2 fully saturated rings. The Labute approximate surface area is 210 Å². The van der Waals surface area contributed by atoms with Gasteiger partial charge in [0.05, 0.1) is 6.07 Å². The van der Waals surface area contributed by atoms with Crippen LogP contribution in [0, 0.1) is 11.3 Å². The van der Waals surface area contributed by atoms with Crippen molar-refractivity contribution in [1.82, 2.24) is 29.5 Å². The lowest BCUT2D eigenvalue weighted by Gasteiger charge is -2.42. The molecule has 0 spiro atoms. The Kier molecular flexibility index (Phi) is 7.09. The van der Waals surface area contributed by atoms with Crippen LogP contribution in [-0.4, -0.2) is 67.7 Å². The Morgan fingerprint density at radius 1 is 1.06 bits per heavy atom. The summed E-state index contributed by atoms with van der Waals surface area (Å²) in [6.45, 7) is 3.27. The summed E-state index contributed by atoms with van der Waals surface area (Å²) in [5.41, 5.74) is 8.29. The molecule has 1 aliphatic carbocycles. The lowest BCUT2D eigenvalue weighted by atomic mass is 9.81. The SMILES string of the molecule is N#CCC(=O)N1CCN([C@H]2CC[C@@H](c3ccc(Nc4nc(N)n(-c5ccccn5)n4)cc3)CC2)CC1. The molecule has 1 aromatic carbocycles. The zero-order valence-electron chi connectivity index (χ0n) is 20.3. The van der Waals surface area contributed by atoms with E-state index in [-0.39, 0.29) is 18.3 Å². The fourth-order valence-corrected chi connectivity index (χ4v) is 5.28. The summed E-state index contributed by atoms with van der Waals surface area (Å²) < 4.78 is 1.51. The van der Waals surface area contributed by atoms with Gasteiger partial charge in [-0.15, -0.1) is 5.10 Å². The fourth-order valence-electron chi connectivity index (χ4n) is 5.28. The molecular formula is C26H31N9O. The first kappa shape index (κ1) is 23.8. The van der Waals surface area contributed by atoms with Crippen molar-refractivity contribution < 1.29 is 4.79 Å². The fraction of sp³-hybridized carbons (Fsp3) is 0.423. The molecule has 0 unspecified atom stereocenters. The molecule has 2 aliphatic rings. The van der Waals surface area contributed by atoms with E-state index in [1.54, 1.807) is 6.20 Å². The maximum atomic E-state index is 11.9. The van der Waals surface area contributed by atoms with Crippen LogP contribution in [0.3, 0.4) is 0 Å². The van der Waals surface area contributed by atoms with Crippen molar-refractivity contribution in [3.8, 4) is 11.9 Å². The standard InChI is InChI=1S/C26H31N9O/c27-13-12-24(36)34-17-15-33(16-18-34)22-10-6-20(7-11-22)19-4-8-21(9-5-19)30-26-31-25(28)35(32-26)23-3-1-2-14-29-23/h1-5,8-9,14,20,22H,6-7,10-12,15-18H2,(H3,28,30,31,32)/t20-,22+. The number of anilines is 3. The molecule has 3 aromatic rings. The minimum absolute atomic E-state index is 0.0155. The number of hydrogen-bond donors (Lipinski definition) is 2. The van der Waals surface area contributed by atoms with Crippen LogP contribution in [-0.2, 0) is 4.79 Å². The van der Waals surface area contributed by atoms with Gasteiger partial charge in [-0.25, -0.2) is 4.98 Å². The minimum Gasteiger partial charge on any atom is -0.368 e. The number of nitrogens with one attached hydrogen (secondary N) is 1. The van der Waals surface area contributed by atoms with Crippen LogP contribution in [0.4, 0.5) is 17.6 Å². The second-order valence-corrected chi connectivity index (χ2v) is 9.40. The molecule has 10 heteroatoms. The molecule has 36 heavy (non-hydrogen) atoms. The first-order valence-corrected chi connectivity index (χ1v) is 12.5. The first-order valence-electron chi connectivity index (χ1n) is 12.5. The van der Waals surface area contributed by atoms with E-state index in [0.29, 0.717) is 23.7 Å². The first-order chi connectivity index (χ1) is 17.6. The van der Waals surface area contributed by atoms with Crippen LogP contribution in [0.5, 0.6) is 0 Å². The third kappa shape index (κ3) is 5.31. The number of aromatic nitrogens is 4. The number of pyridine rings is 1. The van der Waals surface area contributed by atoms with Gasteiger partial charge in [0.2, 0.25) is 17.8 Å². The Hall–Kier alpha value is -3.97. The van der Waals surface area contributed by atoms with E-state index in [1.165, 1.54) is 23.1 Å². The number of rotatable bonds is 6. The lowest BCUT2D eigenvalue weighted by Crippen LogP contribution is -2.52. The highest BCUT2D eigenvalue weighted by molar-refractivity contribution is 5.78. The normalized spacial score (nSPS) is 20.6. The predicted octanol–water partition coefficient (Wildman–Crippen LogP) is 3.07. The third-order valence-corrected chi connectivity index (χ3v) is 7.25. The van der Waals surface area contributed by atoms with Gasteiger partial charge in [0.15, 0.2) is 5.82 Å². The summed E-state index contributed by atoms with van der Waals surface area (Å²) in [4.78, 5) is 24.9. The highest BCUT2D eigenvalue weighted by atomic mass is 16.2. The zero-order chi connectivity index (χ0) is 24.9. The minimum atomic E-state index is -0.0420. The summed E-state index contributed by atoms with van der Waals surface area (Å²) in [6, 6.07) is 16.6. The van der Waals surface area contributed by atoms with E-state index >= 15 is 0 Å². The van der Waals surface area contributed by atoms with Crippen LogP contribution in [0.15, 0.2) is 48.7 Å². The average molecular weight is 486 g/mol. The van der Waals surface area contributed by atoms with Crippen LogP contribution in [0.1, 0.15) is 43.6 Å². The summed E-state index contributed by atoms with van der Waals surface area (Å²) >= 11 is 0. The Balaban J connectivity index is 1.12. The van der Waals surface area contributed by atoms with Gasteiger partial charge in [0, 0.05) is 44.1 Å². The maximum Gasteiger partial charge on any atom is 0.248 e. The number of carbonyl (C=O) groups excluding carboxylic acids is 1. The number of nitrogens with two attached hydrogens (primary N) is 1. The van der Waals surface area contributed by atoms with Gasteiger partial charge in [-0.2, -0.15) is 14.9 Å². The second-order valence-electron chi connectivity index (χ2n) is 9.40. The quantitative estimate of drug-likeness (QED) is 0.545. The van der Waals surface area contributed by atoms with Gasteiger partial charge < -0.3 is 16.0 Å². The van der Waals surface area contributed by atoms with Gasteiger partial charge >= 0.3 is 0 Å². The smallest absolute Gasteiger partial charge is 0.248 e. The largest absolute Gasteiger partial charge is 0.368 e. The highest BCUT2D eigenvalue weighted by Gasteiger charge is 2.30. The summed E-state index contributed by atoms with van der Waals surface area (Å²) in [5, 5.41) is 16.4. The van der Waals surface area contributed by atoms with Gasteiger partial charge in [-0.05, 0) is 61.4 Å². The van der Waals surface area contributed by atoms with Gasteiger partial charge in [0.1, 0.15) is 6.42 Å². The molecular weight excluding hydrogens is 454 g/mol. The van der Waals surface area contributed by atoms with Crippen molar-refractivity contribution >= 4 is 23.5 Å². The van der Waals surface area contributed by atoms with Gasteiger partial charge in [-0.1, -0.05) is 18.2 Å². The molecule has 1 saturated heterocycles. The molecule has 1 aliphatic heterocycles. The summed E-state index contributed by atoms with van der Waals surface area (Å²) in [5.74, 6) is 1.85. The van der Waals surface area contributed by atoms with E-state index in [0.717, 1.165) is 44.7 Å². The Morgan fingerprint density at radius 2 is 1.81 bits per heavy atom. The molecule has 3 N–H and O–H groups in total. The average Bonchev–Trinajstić information content (AvgIpc) is 3.29. The molecule has 3 heterocycles. The number of benzene rings is 1. The number of amides is 1. The monoisotopic (exact) mass is 485 g/mol. The summed E-state index contributed by atoms with van der Waals surface area (Å²) in [6.07, 6.45) is 6.35. The molecule has 186 valence electrons. The number of piperazine rings is 1. The molecule has 2 aromatic heterocycles. The van der Waals surface area contributed by atoms with Crippen molar-refractivity contribution in [3.63, 3.8) is 0 Å². The van der Waals surface area contributed by atoms with E-state index in [4.69, 9.17) is 11.0 Å². The van der Waals surface area contributed by atoms with Crippen molar-refractivity contribution in [2.75, 3.05) is 37.2 Å². The maximum absolute atomic E-state index is 11.9. The van der Waals surface area contributed by atoms with E-state index in [1.807, 2.05) is 29.2 Å². The molecule has 0 radical (unpaired) electrons. The molecule has 0 atom stereocenters. The van der Waals surface area contributed by atoms with E-state index in [2.05, 4.69) is 49.5 Å². The highest BCUT2D eigenvalue weighted by Crippen LogP contribution is 2.35. The Morgan fingerprint density at radius 3 is 2.47 bits per heavy atom. The topological polar surface area (TPSA) is 129 Å². The number of nitriles is 1. The van der Waals surface area contributed by atoms with Crippen molar-refractivity contribution in [2.45, 2.75) is 44.1 Å². The van der Waals surface area contributed by atoms with Crippen molar-refractivity contribution in [3.05, 3.63) is 54.2 Å². The lowest BCUT2D eigenvalue weighted by molar-refractivity contribution is -0.132. The van der Waals surface area contributed by atoms with Crippen molar-refractivity contribution in [1.29, 1.82) is 5.26 Å². The molecule has 1 amide bonds.